The van der Waals surface area contributed by atoms with Crippen molar-refractivity contribution in [1.82, 2.24) is 0 Å². The highest BCUT2D eigenvalue weighted by molar-refractivity contribution is 14.0. The van der Waals surface area contributed by atoms with Gasteiger partial charge in [-0.25, -0.2) is 0 Å². The smallest absolute Gasteiger partial charge is 0.193 e. The number of guanidine groups is 1. The second-order valence-corrected chi connectivity index (χ2v) is 5.14. The van der Waals surface area contributed by atoms with Crippen molar-refractivity contribution < 1.29 is 9.47 Å². The predicted octanol–water partition coefficient (Wildman–Crippen LogP) is 3.82. The molecule has 0 spiro atoms. The number of hydrogen-bond acceptors (Lipinski definition) is 3. The number of halogens is 1. The first-order valence-electron chi connectivity index (χ1n) is 7.58. The lowest BCUT2D eigenvalue weighted by molar-refractivity contribution is 0.311. The Kier molecular flexibility index (Phi) is 8.99. The second kappa shape index (κ2) is 10.7. The molecule has 0 amide bonds. The van der Waals surface area contributed by atoms with Crippen LogP contribution >= 0.6 is 24.0 Å². The van der Waals surface area contributed by atoms with E-state index in [2.05, 4.69) is 10.3 Å². The molecule has 6 heteroatoms. The fraction of sp³-hybridized carbons (Fsp3) is 0.278. The van der Waals surface area contributed by atoms with Crippen molar-refractivity contribution in [2.24, 2.45) is 10.7 Å². The number of ether oxygens (including phenoxy) is 2. The first-order valence-corrected chi connectivity index (χ1v) is 7.58. The van der Waals surface area contributed by atoms with Crippen LogP contribution in [-0.4, -0.2) is 26.2 Å². The summed E-state index contributed by atoms with van der Waals surface area (Å²) in [4.78, 5) is 4.29. The zero-order valence-electron chi connectivity index (χ0n) is 14.0. The Morgan fingerprint density at radius 2 is 1.83 bits per heavy atom. The third kappa shape index (κ3) is 7.08. The van der Waals surface area contributed by atoms with E-state index >= 15 is 0 Å². The second-order valence-electron chi connectivity index (χ2n) is 5.14. The average molecular weight is 441 g/mol. The first kappa shape index (κ1) is 20.1. The zero-order valence-corrected chi connectivity index (χ0v) is 16.3. The molecule has 0 saturated carbocycles. The highest BCUT2D eigenvalue weighted by Gasteiger charge is 1.97. The number of benzene rings is 2. The molecule has 24 heavy (non-hydrogen) atoms. The van der Waals surface area contributed by atoms with Crippen LogP contribution in [0.5, 0.6) is 11.5 Å². The van der Waals surface area contributed by atoms with Gasteiger partial charge in [0.15, 0.2) is 5.96 Å². The normalized spacial score (nSPS) is 10.7. The Bertz CT molecular complexity index is 645. The van der Waals surface area contributed by atoms with Crippen LogP contribution in [0.15, 0.2) is 53.5 Å². The van der Waals surface area contributed by atoms with E-state index < -0.39 is 0 Å². The molecule has 0 unspecified atom stereocenters. The summed E-state index contributed by atoms with van der Waals surface area (Å²) in [5, 5.41) is 3.06. The molecule has 0 radical (unpaired) electrons. The SMILES string of the molecule is COc1cccc(OCCCN=C(N)Nc2ccc(C)cc2)c1.I. The number of rotatable bonds is 7. The number of aliphatic imine (C=N–C) groups is 1. The van der Waals surface area contributed by atoms with Gasteiger partial charge in [0.05, 0.1) is 13.7 Å². The summed E-state index contributed by atoms with van der Waals surface area (Å²) in [6, 6.07) is 15.5. The van der Waals surface area contributed by atoms with Crippen LogP contribution in [0.4, 0.5) is 5.69 Å². The van der Waals surface area contributed by atoms with Crippen LogP contribution in [0.25, 0.3) is 0 Å². The monoisotopic (exact) mass is 441 g/mol. The number of nitrogens with zero attached hydrogens (tertiary/aromatic N) is 1. The highest BCUT2D eigenvalue weighted by atomic mass is 127. The maximum Gasteiger partial charge on any atom is 0.193 e. The van der Waals surface area contributed by atoms with E-state index in [1.807, 2.05) is 55.5 Å². The van der Waals surface area contributed by atoms with Gasteiger partial charge in [-0.2, -0.15) is 0 Å². The van der Waals surface area contributed by atoms with Crippen molar-refractivity contribution in [3.05, 3.63) is 54.1 Å². The van der Waals surface area contributed by atoms with Crippen molar-refractivity contribution in [2.45, 2.75) is 13.3 Å². The number of nitrogens with two attached hydrogens (primary N) is 1. The number of hydrogen-bond donors (Lipinski definition) is 2. The van der Waals surface area contributed by atoms with E-state index in [1.54, 1.807) is 7.11 Å². The zero-order chi connectivity index (χ0) is 16.5. The summed E-state index contributed by atoms with van der Waals surface area (Å²) in [6.07, 6.45) is 0.785. The third-order valence-corrected chi connectivity index (χ3v) is 3.22. The molecule has 0 bridgehead atoms. The lowest BCUT2D eigenvalue weighted by Gasteiger charge is -2.08. The fourth-order valence-electron chi connectivity index (χ4n) is 1.97. The summed E-state index contributed by atoms with van der Waals surface area (Å²) in [7, 11) is 1.64. The minimum atomic E-state index is 0. The standard InChI is InChI=1S/C18H23N3O2.HI/c1-14-7-9-15(10-8-14)21-18(19)20-11-4-12-23-17-6-3-5-16(13-17)22-2;/h3,5-10,13H,4,11-12H2,1-2H3,(H3,19,20,21);1H. The van der Waals surface area contributed by atoms with E-state index in [1.165, 1.54) is 5.56 Å². The maximum atomic E-state index is 5.86. The van der Waals surface area contributed by atoms with Crippen molar-refractivity contribution in [3.8, 4) is 11.5 Å². The van der Waals surface area contributed by atoms with Crippen LogP contribution in [0.1, 0.15) is 12.0 Å². The van der Waals surface area contributed by atoms with Crippen LogP contribution in [-0.2, 0) is 0 Å². The molecule has 2 rings (SSSR count). The Balaban J connectivity index is 0.00000288. The summed E-state index contributed by atoms with van der Waals surface area (Å²) in [6.45, 7) is 3.23. The molecule has 0 aliphatic carbocycles. The molecule has 0 aliphatic rings. The molecule has 3 N–H and O–H groups in total. The van der Waals surface area contributed by atoms with E-state index in [4.69, 9.17) is 15.2 Å². The molecule has 0 aliphatic heterocycles. The number of methoxy groups -OCH3 is 1. The van der Waals surface area contributed by atoms with Gasteiger partial charge in [0.2, 0.25) is 0 Å². The molecule has 0 saturated heterocycles. The van der Waals surface area contributed by atoms with Gasteiger partial charge in [0.25, 0.3) is 0 Å². The summed E-state index contributed by atoms with van der Waals surface area (Å²) >= 11 is 0. The summed E-state index contributed by atoms with van der Waals surface area (Å²) in [5.41, 5.74) is 8.00. The minimum absolute atomic E-state index is 0. The summed E-state index contributed by atoms with van der Waals surface area (Å²) in [5.74, 6) is 1.99. The largest absolute Gasteiger partial charge is 0.497 e. The lowest BCUT2D eigenvalue weighted by atomic mass is 10.2. The van der Waals surface area contributed by atoms with Crippen molar-refractivity contribution in [2.75, 3.05) is 25.6 Å². The molecule has 0 heterocycles. The fourth-order valence-corrected chi connectivity index (χ4v) is 1.97. The van der Waals surface area contributed by atoms with Gasteiger partial charge in [-0.1, -0.05) is 23.8 Å². The average Bonchev–Trinajstić information content (AvgIpc) is 2.57. The Morgan fingerprint density at radius 3 is 2.54 bits per heavy atom. The molecule has 0 aromatic heterocycles. The van der Waals surface area contributed by atoms with Crippen LogP contribution < -0.4 is 20.5 Å². The van der Waals surface area contributed by atoms with Crippen molar-refractivity contribution >= 4 is 35.6 Å². The maximum absolute atomic E-state index is 5.86. The number of anilines is 1. The Labute approximate surface area is 160 Å². The van der Waals surface area contributed by atoms with Gasteiger partial charge in [0.1, 0.15) is 11.5 Å². The minimum Gasteiger partial charge on any atom is -0.497 e. The van der Waals surface area contributed by atoms with Gasteiger partial charge in [-0.3, -0.25) is 4.99 Å². The molecule has 0 fully saturated rings. The molecule has 0 atom stereocenters. The Morgan fingerprint density at radius 1 is 1.12 bits per heavy atom. The predicted molar refractivity (Wildman–Crippen MR) is 110 cm³/mol. The molecular weight excluding hydrogens is 417 g/mol. The molecule has 2 aromatic carbocycles. The van der Waals surface area contributed by atoms with Gasteiger partial charge in [0, 0.05) is 24.7 Å². The van der Waals surface area contributed by atoms with E-state index in [9.17, 15) is 0 Å². The van der Waals surface area contributed by atoms with Gasteiger partial charge < -0.3 is 20.5 Å². The Hall–Kier alpha value is -1.96. The number of aryl methyl sites for hydroxylation is 1. The third-order valence-electron chi connectivity index (χ3n) is 3.22. The summed E-state index contributed by atoms with van der Waals surface area (Å²) < 4.78 is 10.8. The molecule has 5 nitrogen and oxygen atoms in total. The lowest BCUT2D eigenvalue weighted by Crippen LogP contribution is -2.23. The van der Waals surface area contributed by atoms with Crippen LogP contribution in [0.3, 0.4) is 0 Å². The van der Waals surface area contributed by atoms with E-state index in [-0.39, 0.29) is 24.0 Å². The quantitative estimate of drug-likeness (QED) is 0.297. The molecule has 2 aromatic rings. The van der Waals surface area contributed by atoms with Crippen molar-refractivity contribution in [1.29, 1.82) is 0 Å². The van der Waals surface area contributed by atoms with Gasteiger partial charge >= 0.3 is 0 Å². The van der Waals surface area contributed by atoms with Crippen LogP contribution in [0.2, 0.25) is 0 Å². The molecular formula is C18H24IN3O2. The van der Waals surface area contributed by atoms with Crippen molar-refractivity contribution in [3.63, 3.8) is 0 Å². The van der Waals surface area contributed by atoms with Crippen LogP contribution in [0, 0.1) is 6.92 Å². The number of nitrogens with one attached hydrogen (secondary N) is 1. The van der Waals surface area contributed by atoms with E-state index in [0.717, 1.165) is 23.6 Å². The highest BCUT2D eigenvalue weighted by Crippen LogP contribution is 2.18. The molecule has 130 valence electrons. The topological polar surface area (TPSA) is 68.9 Å². The van der Waals surface area contributed by atoms with Gasteiger partial charge in [-0.05, 0) is 31.2 Å². The van der Waals surface area contributed by atoms with Gasteiger partial charge in [-0.15, -0.1) is 24.0 Å². The first-order chi connectivity index (χ1) is 11.2. The van der Waals surface area contributed by atoms with E-state index in [0.29, 0.717) is 19.1 Å².